The first kappa shape index (κ1) is 26.7. The molecule has 0 aliphatic carbocycles. The number of carbonyl (C=O) groups is 4. The molecule has 0 bridgehead atoms. The fraction of sp³-hybridized carbons (Fsp3) is 0.185. The normalized spacial score (nSPS) is 16.4. The average Bonchev–Trinajstić information content (AvgIpc) is 2.90. The zero-order chi connectivity index (χ0) is 27.2. The van der Waals surface area contributed by atoms with Gasteiger partial charge in [-0.05, 0) is 48.5 Å². The number of anilines is 1. The van der Waals surface area contributed by atoms with Crippen molar-refractivity contribution in [3.05, 3.63) is 89.7 Å². The molecule has 3 N–H and O–H groups in total. The number of Topliss-reactive ketones (excluding diaryl/α,β-unsaturated/α-hetero) is 1. The minimum absolute atomic E-state index is 0.0193. The Morgan fingerprint density at radius 3 is 2.39 bits per heavy atom. The van der Waals surface area contributed by atoms with Crippen molar-refractivity contribution in [2.45, 2.75) is 11.3 Å². The van der Waals surface area contributed by atoms with E-state index in [4.69, 9.17) is 9.84 Å². The largest absolute Gasteiger partial charge is 0.507 e. The third-order valence-corrected chi connectivity index (χ3v) is 7.01. The summed E-state index contributed by atoms with van der Waals surface area (Å²) < 4.78 is 18.5. The lowest BCUT2D eigenvalue weighted by Gasteiger charge is -2.47. The maximum Gasteiger partial charge on any atom is 0.322 e. The highest BCUT2D eigenvalue weighted by molar-refractivity contribution is 8.01. The number of phenols is 1. The van der Waals surface area contributed by atoms with E-state index in [1.54, 1.807) is 30.3 Å². The minimum Gasteiger partial charge on any atom is -0.507 e. The quantitative estimate of drug-likeness (QED) is 0.250. The van der Waals surface area contributed by atoms with E-state index in [1.807, 2.05) is 6.07 Å². The molecule has 0 saturated carbocycles. The van der Waals surface area contributed by atoms with Crippen LogP contribution in [-0.2, 0) is 14.4 Å². The molecule has 196 valence electrons. The van der Waals surface area contributed by atoms with E-state index in [2.05, 4.69) is 5.32 Å². The lowest BCUT2D eigenvalue weighted by molar-refractivity contribution is -0.138. The molecule has 11 heteroatoms. The van der Waals surface area contributed by atoms with E-state index in [0.717, 1.165) is 11.8 Å². The molecular weight excluding hydrogens is 515 g/mol. The number of carboxylic acids is 1. The van der Waals surface area contributed by atoms with Crippen molar-refractivity contribution in [3.8, 4) is 11.5 Å². The molecule has 0 aromatic heterocycles. The van der Waals surface area contributed by atoms with Crippen LogP contribution in [0.3, 0.4) is 0 Å². The molecule has 9 nitrogen and oxygen atoms in total. The van der Waals surface area contributed by atoms with Crippen LogP contribution in [0.15, 0.2) is 72.8 Å². The summed E-state index contributed by atoms with van der Waals surface area (Å²) in [6.45, 7) is -0.992. The number of benzene rings is 3. The number of β-lactam (4-membered cyclic amide) rings is 1. The first-order valence-electron chi connectivity index (χ1n) is 11.5. The van der Waals surface area contributed by atoms with Crippen LogP contribution in [0.2, 0.25) is 0 Å². The Labute approximate surface area is 221 Å². The summed E-state index contributed by atoms with van der Waals surface area (Å²) in [6, 6.07) is 17.9. The smallest absolute Gasteiger partial charge is 0.322 e. The topological polar surface area (TPSA) is 133 Å². The maximum atomic E-state index is 13.2. The molecule has 4 rings (SSSR count). The van der Waals surface area contributed by atoms with E-state index in [0.29, 0.717) is 16.8 Å². The van der Waals surface area contributed by atoms with E-state index < -0.39 is 42.1 Å². The number of hydrogen-bond acceptors (Lipinski definition) is 7. The van der Waals surface area contributed by atoms with Gasteiger partial charge in [0.25, 0.3) is 5.91 Å². The van der Waals surface area contributed by atoms with Crippen LogP contribution in [-0.4, -0.2) is 57.9 Å². The predicted molar refractivity (Wildman–Crippen MR) is 138 cm³/mol. The number of carboxylic acid groups (broad SMARTS) is 1. The summed E-state index contributed by atoms with van der Waals surface area (Å²) >= 11 is 1.14. The third kappa shape index (κ3) is 6.12. The van der Waals surface area contributed by atoms with Crippen LogP contribution in [0, 0.1) is 5.82 Å². The van der Waals surface area contributed by atoms with Crippen LogP contribution in [0.1, 0.15) is 22.0 Å². The molecule has 0 spiro atoms. The van der Waals surface area contributed by atoms with Crippen LogP contribution < -0.4 is 15.0 Å². The Kier molecular flexibility index (Phi) is 8.27. The number of para-hydroxylation sites is 1. The van der Waals surface area contributed by atoms with Gasteiger partial charge in [-0.25, -0.2) is 4.39 Å². The highest BCUT2D eigenvalue weighted by Gasteiger charge is 2.50. The van der Waals surface area contributed by atoms with Gasteiger partial charge in [-0.15, -0.1) is 11.8 Å². The summed E-state index contributed by atoms with van der Waals surface area (Å²) in [5.74, 6) is -2.79. The number of aliphatic carboxylic acids is 1. The van der Waals surface area contributed by atoms with Crippen molar-refractivity contribution in [2.75, 3.05) is 23.8 Å². The van der Waals surface area contributed by atoms with Gasteiger partial charge in [0.1, 0.15) is 29.1 Å². The number of ketones is 1. The van der Waals surface area contributed by atoms with Gasteiger partial charge in [-0.3, -0.25) is 19.2 Å². The average molecular weight is 539 g/mol. The van der Waals surface area contributed by atoms with E-state index in [-0.39, 0.29) is 28.9 Å². The molecule has 0 radical (unpaired) electrons. The van der Waals surface area contributed by atoms with Gasteiger partial charge < -0.3 is 25.2 Å². The molecule has 1 heterocycles. The number of amides is 2. The predicted octanol–water partition coefficient (Wildman–Crippen LogP) is 3.18. The summed E-state index contributed by atoms with van der Waals surface area (Å²) in [5, 5.41) is 20.9. The zero-order valence-corrected chi connectivity index (χ0v) is 20.7. The number of hydrogen-bond donors (Lipinski definition) is 3. The number of carbonyl (C=O) groups excluding carboxylic acids is 3. The molecule has 1 saturated heterocycles. The van der Waals surface area contributed by atoms with Crippen LogP contribution in [0.5, 0.6) is 11.5 Å². The number of thioether (sulfide) groups is 1. The lowest BCUT2D eigenvalue weighted by Crippen LogP contribution is -2.57. The summed E-state index contributed by atoms with van der Waals surface area (Å²) in [6.07, 6.45) is 0. The Morgan fingerprint density at radius 2 is 1.74 bits per heavy atom. The monoisotopic (exact) mass is 538 g/mol. The molecule has 3 aromatic rings. The number of ether oxygens (including phenoxy) is 1. The van der Waals surface area contributed by atoms with Crippen molar-refractivity contribution >= 4 is 41.0 Å². The summed E-state index contributed by atoms with van der Waals surface area (Å²) in [7, 11) is 0. The molecule has 1 fully saturated rings. The molecule has 1 aliphatic heterocycles. The van der Waals surface area contributed by atoms with Gasteiger partial charge in [0, 0.05) is 22.9 Å². The van der Waals surface area contributed by atoms with Crippen molar-refractivity contribution < 1.29 is 38.5 Å². The Bertz CT molecular complexity index is 1350. The second-order valence-corrected chi connectivity index (χ2v) is 9.46. The van der Waals surface area contributed by atoms with Crippen LogP contribution in [0.25, 0.3) is 0 Å². The molecule has 0 unspecified atom stereocenters. The van der Waals surface area contributed by atoms with Crippen LogP contribution in [0.4, 0.5) is 10.1 Å². The van der Waals surface area contributed by atoms with Crippen molar-refractivity contribution in [2.24, 2.45) is 0 Å². The fourth-order valence-corrected chi connectivity index (χ4v) is 5.13. The Hall–Kier alpha value is -4.38. The van der Waals surface area contributed by atoms with E-state index in [1.165, 1.54) is 41.3 Å². The molecule has 38 heavy (non-hydrogen) atoms. The SMILES string of the molecule is O=C(O)CNC(=O)COc1ccc([C@@H]2[C@@H](SCC(=O)c3ccc(F)cc3)C(=O)N2c2ccccc2)c(O)c1. The first-order valence-corrected chi connectivity index (χ1v) is 12.5. The van der Waals surface area contributed by atoms with Crippen molar-refractivity contribution in [1.82, 2.24) is 5.32 Å². The number of rotatable bonds is 11. The highest BCUT2D eigenvalue weighted by atomic mass is 32.2. The van der Waals surface area contributed by atoms with E-state index >= 15 is 0 Å². The fourth-order valence-electron chi connectivity index (χ4n) is 3.93. The highest BCUT2D eigenvalue weighted by Crippen LogP contribution is 2.48. The minimum atomic E-state index is -1.19. The van der Waals surface area contributed by atoms with Crippen LogP contribution >= 0.6 is 11.8 Å². The second-order valence-electron chi connectivity index (χ2n) is 8.33. The van der Waals surface area contributed by atoms with Gasteiger partial charge >= 0.3 is 5.97 Å². The van der Waals surface area contributed by atoms with E-state index in [9.17, 15) is 28.7 Å². The van der Waals surface area contributed by atoms with Gasteiger partial charge in [0.2, 0.25) is 5.91 Å². The molecule has 1 aliphatic rings. The molecule has 2 atom stereocenters. The van der Waals surface area contributed by atoms with Crippen molar-refractivity contribution in [1.29, 1.82) is 0 Å². The van der Waals surface area contributed by atoms with Gasteiger partial charge in [0.05, 0.1) is 11.8 Å². The van der Waals surface area contributed by atoms with Gasteiger partial charge in [0.15, 0.2) is 12.4 Å². The lowest BCUT2D eigenvalue weighted by atomic mass is 9.91. The molecular formula is C27H23FN2O7S. The van der Waals surface area contributed by atoms with Gasteiger partial charge in [-0.1, -0.05) is 18.2 Å². The summed E-state index contributed by atoms with van der Waals surface area (Å²) in [4.78, 5) is 49.6. The molecule has 3 aromatic carbocycles. The summed E-state index contributed by atoms with van der Waals surface area (Å²) in [5.41, 5.74) is 1.38. The number of phenolic OH excluding ortho intramolecular Hbond substituents is 1. The second kappa shape index (κ2) is 11.8. The number of nitrogens with zero attached hydrogens (tertiary/aromatic N) is 1. The van der Waals surface area contributed by atoms with Gasteiger partial charge in [-0.2, -0.15) is 0 Å². The number of halogens is 1. The standard InChI is InChI=1S/C27H23FN2O7S/c28-17-8-6-16(7-9-17)22(32)15-38-26-25(30(27(26)36)18-4-2-1-3-5-18)20-11-10-19(12-21(20)31)37-14-23(33)29-13-24(34)35/h1-12,25-26,31H,13-15H2,(H,29,33)(H,34,35)/t25-,26-/m1/s1. The number of nitrogens with one attached hydrogen (secondary N) is 1. The molecule has 2 amide bonds. The third-order valence-electron chi connectivity index (χ3n) is 5.77. The maximum absolute atomic E-state index is 13.2. The zero-order valence-electron chi connectivity index (χ0n) is 19.9. The van der Waals surface area contributed by atoms with Crippen molar-refractivity contribution in [3.63, 3.8) is 0 Å². The Morgan fingerprint density at radius 1 is 1.03 bits per heavy atom. The number of aromatic hydroxyl groups is 1. The Balaban J connectivity index is 1.50. The first-order chi connectivity index (χ1) is 18.2.